The third-order valence-electron chi connectivity index (χ3n) is 11.6. The van der Waals surface area contributed by atoms with Crippen molar-refractivity contribution in [1.29, 1.82) is 0 Å². The van der Waals surface area contributed by atoms with E-state index in [9.17, 15) is 15.3 Å². The molecule has 3 N–H and O–H groups in total. The lowest BCUT2D eigenvalue weighted by molar-refractivity contribution is -1.04. The number of likely N-dealkylation sites (N-methyl/N-ethyl adjacent to an activating group) is 1. The molecule has 11 atom stereocenters. The van der Waals surface area contributed by atoms with Crippen LogP contribution in [0.1, 0.15) is 51.0 Å². The van der Waals surface area contributed by atoms with Crippen LogP contribution in [0.15, 0.2) is 22.7 Å². The van der Waals surface area contributed by atoms with Crippen molar-refractivity contribution in [2.24, 2.45) is 17.8 Å². The molecule has 1 aromatic rings. The fraction of sp³-hybridized carbons (Fsp3) is 0.786. The minimum atomic E-state index is -0.452. The van der Waals surface area contributed by atoms with E-state index in [-0.39, 0.29) is 35.4 Å². The molecule has 6 nitrogen and oxygen atoms in total. The smallest absolute Gasteiger partial charge is 0.194 e. The van der Waals surface area contributed by atoms with Gasteiger partial charge in [-0.05, 0) is 62.0 Å². The van der Waals surface area contributed by atoms with E-state index in [1.54, 1.807) is 0 Å². The molecule has 6 fully saturated rings. The largest absolute Gasteiger partial charge is 0.392 e. The Morgan fingerprint density at radius 2 is 1.94 bits per heavy atom. The average Bonchev–Trinajstić information content (AvgIpc) is 3.22. The normalized spacial score (nSPS) is 48.3. The first-order valence-corrected chi connectivity index (χ1v) is 14.8. The average molecular weight is 548 g/mol. The molecule has 7 heteroatoms. The monoisotopic (exact) mass is 546 g/mol. The summed E-state index contributed by atoms with van der Waals surface area (Å²) in [6, 6.07) is 7.18. The van der Waals surface area contributed by atoms with Crippen molar-refractivity contribution < 1.29 is 19.8 Å². The van der Waals surface area contributed by atoms with Crippen LogP contribution in [0, 0.1) is 17.8 Å². The van der Waals surface area contributed by atoms with Gasteiger partial charge in [0.15, 0.2) is 6.23 Å². The number of halogens is 1. The Bertz CT molecular complexity index is 1020. The van der Waals surface area contributed by atoms with Gasteiger partial charge in [0.1, 0.15) is 18.7 Å². The van der Waals surface area contributed by atoms with Crippen LogP contribution in [0.4, 0.5) is 5.69 Å². The fourth-order valence-electron chi connectivity index (χ4n) is 10.6. The van der Waals surface area contributed by atoms with Crippen molar-refractivity contribution in [3.05, 3.63) is 28.2 Å². The number of benzene rings is 1. The Balaban J connectivity index is 1.33. The van der Waals surface area contributed by atoms with Crippen molar-refractivity contribution in [3.8, 4) is 0 Å². The summed E-state index contributed by atoms with van der Waals surface area (Å²) in [6.07, 6.45) is 5.33. The summed E-state index contributed by atoms with van der Waals surface area (Å²) in [6.45, 7) is 5.67. The summed E-state index contributed by atoms with van der Waals surface area (Å²) in [5.41, 5.74) is 2.25. The van der Waals surface area contributed by atoms with E-state index >= 15 is 0 Å². The predicted octanol–water partition coefficient (Wildman–Crippen LogP) is 2.68. The van der Waals surface area contributed by atoms with E-state index in [2.05, 4.69) is 57.9 Å². The summed E-state index contributed by atoms with van der Waals surface area (Å²) in [7, 11) is 2.20. The zero-order valence-corrected chi connectivity index (χ0v) is 22.6. The number of likely N-dealkylation sites (tertiary alicyclic amines) is 1. The minimum absolute atomic E-state index is 0.155. The number of aliphatic hydroxyl groups excluding tert-OH is 3. The quantitative estimate of drug-likeness (QED) is 0.495. The van der Waals surface area contributed by atoms with Crippen molar-refractivity contribution in [2.75, 3.05) is 38.1 Å². The number of β-amino-alcohol motifs (C(OH)–C–C–N with tert-alkyl or cyclic N) is 1. The number of aliphatic hydroxyl groups is 3. The lowest BCUT2D eigenvalue weighted by Gasteiger charge is -2.68. The maximum atomic E-state index is 12.2. The summed E-state index contributed by atoms with van der Waals surface area (Å²) in [4.78, 5) is 4.85. The van der Waals surface area contributed by atoms with Gasteiger partial charge in [0.05, 0.1) is 23.6 Å². The van der Waals surface area contributed by atoms with Crippen LogP contribution in [0.3, 0.4) is 0 Å². The number of quaternary nitrogens is 1. The van der Waals surface area contributed by atoms with E-state index < -0.39 is 18.4 Å². The van der Waals surface area contributed by atoms with Gasteiger partial charge in [-0.15, -0.1) is 0 Å². The van der Waals surface area contributed by atoms with Gasteiger partial charge in [-0.1, -0.05) is 29.3 Å². The van der Waals surface area contributed by atoms with Gasteiger partial charge in [0.25, 0.3) is 0 Å². The number of hydrogen-bond acceptors (Lipinski definition) is 5. The van der Waals surface area contributed by atoms with Crippen molar-refractivity contribution in [3.63, 3.8) is 0 Å². The highest BCUT2D eigenvalue weighted by atomic mass is 79.9. The molecule has 5 saturated heterocycles. The number of nitrogens with zero attached hydrogens (tertiary/aromatic N) is 3. The van der Waals surface area contributed by atoms with Gasteiger partial charge < -0.3 is 25.1 Å². The van der Waals surface area contributed by atoms with Gasteiger partial charge in [-0.3, -0.25) is 4.48 Å². The summed E-state index contributed by atoms with van der Waals surface area (Å²) in [5, 5.41) is 35.9. The second-order valence-electron chi connectivity index (χ2n) is 12.7. The molecule has 1 spiro atoms. The second-order valence-corrected chi connectivity index (χ2v) is 13.6. The highest BCUT2D eigenvalue weighted by molar-refractivity contribution is 9.10. The first-order chi connectivity index (χ1) is 16.8. The number of rotatable bonds is 5. The molecule has 0 radical (unpaired) electrons. The maximum Gasteiger partial charge on any atom is 0.194 e. The molecular weight excluding hydrogens is 506 g/mol. The van der Waals surface area contributed by atoms with Gasteiger partial charge in [0.2, 0.25) is 0 Å². The molecule has 6 heterocycles. The Morgan fingerprint density at radius 3 is 2.69 bits per heavy atom. The lowest BCUT2D eigenvalue weighted by Crippen LogP contribution is -2.84. The first kappa shape index (κ1) is 23.4. The molecule has 1 saturated carbocycles. The summed E-state index contributed by atoms with van der Waals surface area (Å²) in [5.74, 6) is 0.768. The van der Waals surface area contributed by atoms with Crippen LogP contribution in [-0.4, -0.2) is 94.5 Å². The molecule has 11 unspecified atom stereocenters. The van der Waals surface area contributed by atoms with Gasteiger partial charge >= 0.3 is 0 Å². The first-order valence-electron chi connectivity index (χ1n) is 14.0. The van der Waals surface area contributed by atoms with Crippen molar-refractivity contribution in [1.82, 2.24) is 4.90 Å². The van der Waals surface area contributed by atoms with Crippen LogP contribution in [0.5, 0.6) is 0 Å². The molecule has 0 amide bonds. The predicted molar refractivity (Wildman–Crippen MR) is 139 cm³/mol. The van der Waals surface area contributed by atoms with Crippen molar-refractivity contribution >= 4 is 21.6 Å². The van der Waals surface area contributed by atoms with Gasteiger partial charge in [0, 0.05) is 48.4 Å². The summed E-state index contributed by atoms with van der Waals surface area (Å²) < 4.78 is 1.68. The molecule has 0 aromatic heterocycles. The van der Waals surface area contributed by atoms with E-state index in [1.165, 1.54) is 30.5 Å². The van der Waals surface area contributed by atoms with Gasteiger partial charge in [-0.25, -0.2) is 0 Å². The molecule has 8 rings (SSSR count). The fourth-order valence-corrected chi connectivity index (χ4v) is 11.0. The molecule has 1 aliphatic carbocycles. The number of fused-ring (bicyclic) bond motifs is 2. The SMILES string of the molecule is CCC1C2CC3C4N(C)c5ccc(Br)cc5C45CC(C2C5O)[N+]3(CC(O)CN2CCCCC2)C1O. The highest BCUT2D eigenvalue weighted by Crippen LogP contribution is 2.71. The van der Waals surface area contributed by atoms with E-state index in [1.807, 2.05) is 0 Å². The number of anilines is 1. The Hall–Kier alpha value is -0.700. The molecule has 192 valence electrons. The van der Waals surface area contributed by atoms with E-state index in [4.69, 9.17) is 0 Å². The van der Waals surface area contributed by atoms with Gasteiger partial charge in [-0.2, -0.15) is 0 Å². The maximum absolute atomic E-state index is 12.2. The number of piperidine rings is 5. The van der Waals surface area contributed by atoms with Crippen LogP contribution >= 0.6 is 15.9 Å². The third kappa shape index (κ3) is 2.78. The highest BCUT2D eigenvalue weighted by Gasteiger charge is 2.83. The molecule has 7 aliphatic rings. The molecule has 35 heavy (non-hydrogen) atoms. The van der Waals surface area contributed by atoms with Crippen LogP contribution in [0.2, 0.25) is 0 Å². The Labute approximate surface area is 217 Å². The Kier molecular flexibility index (Phi) is 5.29. The zero-order valence-electron chi connectivity index (χ0n) is 21.1. The van der Waals surface area contributed by atoms with Crippen LogP contribution in [0.25, 0.3) is 0 Å². The molecule has 6 aliphatic heterocycles. The van der Waals surface area contributed by atoms with Crippen LogP contribution in [-0.2, 0) is 5.41 Å². The molecule has 5 bridgehead atoms. The lowest BCUT2D eigenvalue weighted by atomic mass is 9.60. The molecular formula is C28H41BrN3O3+. The third-order valence-corrected chi connectivity index (χ3v) is 12.1. The second kappa shape index (κ2) is 7.90. The topological polar surface area (TPSA) is 67.2 Å². The van der Waals surface area contributed by atoms with E-state index in [0.717, 1.165) is 36.8 Å². The van der Waals surface area contributed by atoms with E-state index in [0.29, 0.717) is 23.5 Å². The van der Waals surface area contributed by atoms with Crippen molar-refractivity contribution in [2.45, 2.75) is 87.4 Å². The standard InChI is InChI=1S/C28H41BrN3O3/c1-3-18-19-12-22-25-28(20-11-16(29)7-8-21(20)30(25)2)13-23(24(19)26(28)34)32(22,27(18)35)15-17(33)14-31-9-5-4-6-10-31/h7-8,11,17-19,22-27,33-35H,3-6,9-10,12-15H2,1-2H3/q+1. The Morgan fingerprint density at radius 1 is 1.17 bits per heavy atom. The molecule has 1 aromatic carbocycles. The minimum Gasteiger partial charge on any atom is -0.392 e. The zero-order chi connectivity index (χ0) is 24.3. The van der Waals surface area contributed by atoms with Crippen LogP contribution < -0.4 is 4.90 Å². The number of hydrogen-bond donors (Lipinski definition) is 3. The summed E-state index contributed by atoms with van der Waals surface area (Å²) >= 11 is 3.71.